The van der Waals surface area contributed by atoms with Crippen LogP contribution in [0.3, 0.4) is 0 Å². The summed E-state index contributed by atoms with van der Waals surface area (Å²) in [7, 11) is 3.14. The van der Waals surface area contributed by atoms with E-state index in [1.165, 1.54) is 24.5 Å². The number of methoxy groups -OCH3 is 2. The lowest BCUT2D eigenvalue weighted by molar-refractivity contribution is 0.0683. The maximum atomic E-state index is 12.5. The number of aliphatic hydroxyl groups excluding tert-OH is 2. The Morgan fingerprint density at radius 3 is 1.26 bits per heavy atom. The average molecular weight is 859 g/mol. The summed E-state index contributed by atoms with van der Waals surface area (Å²) in [6.45, 7) is 14.0. The van der Waals surface area contributed by atoms with Crippen molar-refractivity contribution in [1.82, 2.24) is 9.13 Å². The Bertz CT molecular complexity index is 2200. The first-order valence-electron chi connectivity index (χ1n) is 21.2. The van der Waals surface area contributed by atoms with Crippen LogP contribution in [0.25, 0.3) is 22.5 Å². The molecule has 6 rings (SSSR count). The number of nitrogens with zero attached hydrogens (tertiary/aromatic N) is 2. The lowest BCUT2D eigenvalue weighted by Gasteiger charge is -2.39. The van der Waals surface area contributed by atoms with E-state index in [4.69, 9.17) is 29.2 Å². The van der Waals surface area contributed by atoms with E-state index in [-0.39, 0.29) is 47.3 Å². The molecular weight excluding hydrogens is 797 g/mol. The molecule has 336 valence electrons. The fraction of sp³-hybridized carbons (Fsp3) is 0.500. The predicted octanol–water partition coefficient (Wildman–Crippen LogP) is 7.81. The molecule has 0 spiro atoms. The van der Waals surface area contributed by atoms with Gasteiger partial charge in [0.25, 0.3) is 0 Å². The summed E-state index contributed by atoms with van der Waals surface area (Å²) in [5, 5.41) is 36.7. The lowest BCUT2D eigenvalue weighted by atomic mass is 9.78. The highest BCUT2D eigenvalue weighted by Gasteiger charge is 2.36. The van der Waals surface area contributed by atoms with Crippen molar-refractivity contribution >= 4 is 11.9 Å². The molecule has 2 aliphatic heterocycles. The van der Waals surface area contributed by atoms with Crippen molar-refractivity contribution in [3.8, 4) is 45.5 Å². The Morgan fingerprint density at radius 1 is 0.581 bits per heavy atom. The summed E-state index contributed by atoms with van der Waals surface area (Å²) in [6.07, 6.45) is 9.24. The number of carboxylic acids is 2. The second-order valence-corrected chi connectivity index (χ2v) is 18.1. The molecule has 4 N–H and O–H groups in total. The van der Waals surface area contributed by atoms with E-state index >= 15 is 0 Å². The van der Waals surface area contributed by atoms with Crippen molar-refractivity contribution in [3.05, 3.63) is 91.5 Å². The highest BCUT2D eigenvalue weighted by Crippen LogP contribution is 2.47. The predicted molar refractivity (Wildman–Crippen MR) is 237 cm³/mol. The first-order valence-corrected chi connectivity index (χ1v) is 21.2. The minimum Gasteiger partial charge on any atom is -0.493 e. The third-order valence-electron chi connectivity index (χ3n) is 11.6. The molecule has 0 radical (unpaired) electrons. The van der Waals surface area contributed by atoms with E-state index in [1.807, 2.05) is 33.4 Å². The number of fused-ring (bicyclic) bond motifs is 6. The molecule has 2 aliphatic rings. The maximum Gasteiger partial charge on any atom is 0.341 e. The number of carboxylic acid groups (broad SMARTS) is 2. The smallest absolute Gasteiger partial charge is 0.341 e. The van der Waals surface area contributed by atoms with Crippen LogP contribution in [0, 0.1) is 10.8 Å². The van der Waals surface area contributed by atoms with Crippen molar-refractivity contribution in [2.45, 2.75) is 105 Å². The van der Waals surface area contributed by atoms with Gasteiger partial charge in [-0.3, -0.25) is 9.59 Å². The molecule has 2 aromatic carbocycles. The molecular formula is C48H62N2O12. The third-order valence-corrected chi connectivity index (χ3v) is 11.6. The van der Waals surface area contributed by atoms with Crippen LogP contribution < -0.4 is 29.8 Å². The van der Waals surface area contributed by atoms with Crippen LogP contribution in [0.5, 0.6) is 23.0 Å². The average Bonchev–Trinajstić information content (AvgIpc) is 3.21. The van der Waals surface area contributed by atoms with Crippen LogP contribution in [0.1, 0.15) is 124 Å². The molecule has 14 heteroatoms. The van der Waals surface area contributed by atoms with Gasteiger partial charge in [0.1, 0.15) is 11.1 Å². The lowest BCUT2D eigenvalue weighted by Crippen LogP contribution is -2.32. The van der Waals surface area contributed by atoms with Gasteiger partial charge < -0.3 is 48.5 Å². The maximum absolute atomic E-state index is 12.5. The Labute approximate surface area is 362 Å². The van der Waals surface area contributed by atoms with Gasteiger partial charge in [-0.15, -0.1) is 0 Å². The largest absolute Gasteiger partial charge is 0.493 e. The quantitative estimate of drug-likeness (QED) is 0.0799. The van der Waals surface area contributed by atoms with Crippen molar-refractivity contribution in [2.75, 3.05) is 40.6 Å². The monoisotopic (exact) mass is 858 g/mol. The van der Waals surface area contributed by atoms with Gasteiger partial charge in [-0.2, -0.15) is 0 Å². The second-order valence-electron chi connectivity index (χ2n) is 18.1. The molecule has 0 unspecified atom stereocenters. The number of benzene rings is 2. The zero-order chi connectivity index (χ0) is 45.5. The van der Waals surface area contributed by atoms with Crippen LogP contribution in [-0.2, 0) is 12.8 Å². The number of unbranched alkanes of at least 4 members (excludes halogenated alkanes) is 4. The van der Waals surface area contributed by atoms with E-state index in [9.17, 15) is 29.4 Å². The Morgan fingerprint density at radius 2 is 0.952 bits per heavy atom. The molecule has 0 fully saturated rings. The zero-order valence-electron chi connectivity index (χ0n) is 37.2. The summed E-state index contributed by atoms with van der Waals surface area (Å²) in [4.78, 5) is 48.1. The van der Waals surface area contributed by atoms with E-state index in [0.29, 0.717) is 60.4 Å². The number of hydrogen-bond donors (Lipinski definition) is 4. The topological polar surface area (TPSA) is 196 Å². The van der Waals surface area contributed by atoms with E-state index < -0.39 is 22.8 Å². The minimum absolute atomic E-state index is 0.0282. The van der Waals surface area contributed by atoms with Crippen molar-refractivity contribution in [3.63, 3.8) is 0 Å². The number of aromatic nitrogens is 2. The summed E-state index contributed by atoms with van der Waals surface area (Å²) >= 11 is 0. The summed E-state index contributed by atoms with van der Waals surface area (Å²) in [5.74, 6) is -0.0119. The SMILES string of the molecule is COc1cc2c(cc1OCCCCCO)C[C@@H](C(C)(C)C)n1cc(C(=O)O)c(=O)cc1-2.COc1cc2c(cc1OCCCCCO)C[C@H](C(C)(C)C)n1cc(C(=O)O)c(=O)cc1-2. The molecule has 0 bridgehead atoms. The zero-order valence-corrected chi connectivity index (χ0v) is 37.2. The molecule has 0 aliphatic carbocycles. The van der Waals surface area contributed by atoms with Crippen LogP contribution in [-0.4, -0.2) is 82.1 Å². The second kappa shape index (κ2) is 20.1. The van der Waals surface area contributed by atoms with Crippen molar-refractivity contribution in [2.24, 2.45) is 10.8 Å². The first kappa shape index (κ1) is 47.4. The van der Waals surface area contributed by atoms with E-state index in [1.54, 1.807) is 14.2 Å². The fourth-order valence-corrected chi connectivity index (χ4v) is 8.14. The number of hydrogen-bond acceptors (Lipinski definition) is 10. The molecule has 2 atom stereocenters. The minimum atomic E-state index is -1.22. The van der Waals surface area contributed by atoms with Gasteiger partial charge in [0.05, 0.1) is 38.8 Å². The Balaban J connectivity index is 0.000000234. The molecule has 0 saturated heterocycles. The number of aliphatic hydroxyl groups is 2. The number of aromatic carboxylic acids is 2. The van der Waals surface area contributed by atoms with Crippen LogP contribution in [0.4, 0.5) is 0 Å². The normalized spacial score (nSPS) is 15.2. The standard InChI is InChI=1S/2C24H31NO6/c2*1-24(2,3)22-11-15-10-21(31-9-7-5-6-8-26)20(30-4)12-16(15)18-13-19(27)17(23(28)29)14-25(18)22/h2*10,12-14,22,26H,5-9,11H2,1-4H3,(H,28,29)/t2*22-/m10/s1. The molecule has 0 amide bonds. The number of ether oxygens (including phenoxy) is 4. The van der Waals surface area contributed by atoms with Gasteiger partial charge in [-0.1, -0.05) is 41.5 Å². The number of pyridine rings is 2. The molecule has 2 aromatic heterocycles. The molecule has 4 heterocycles. The highest BCUT2D eigenvalue weighted by atomic mass is 16.5. The van der Waals surface area contributed by atoms with Gasteiger partial charge in [0.15, 0.2) is 33.9 Å². The summed E-state index contributed by atoms with van der Waals surface area (Å²) < 4.78 is 26.9. The van der Waals surface area contributed by atoms with E-state index in [0.717, 1.165) is 60.8 Å². The van der Waals surface area contributed by atoms with Crippen LogP contribution in [0.2, 0.25) is 0 Å². The molecule has 4 aromatic rings. The van der Waals surface area contributed by atoms with Crippen LogP contribution >= 0.6 is 0 Å². The molecule has 62 heavy (non-hydrogen) atoms. The Kier molecular flexibility index (Phi) is 15.4. The van der Waals surface area contributed by atoms with Gasteiger partial charge in [-0.05, 0) is 97.6 Å². The summed E-state index contributed by atoms with van der Waals surface area (Å²) in [6, 6.07) is 10.4. The van der Waals surface area contributed by atoms with E-state index in [2.05, 4.69) is 41.5 Å². The van der Waals surface area contributed by atoms with Crippen molar-refractivity contribution < 1.29 is 49.0 Å². The third kappa shape index (κ3) is 10.7. The van der Waals surface area contributed by atoms with Gasteiger partial charge >= 0.3 is 11.9 Å². The Hall–Kier alpha value is -5.60. The summed E-state index contributed by atoms with van der Waals surface area (Å²) in [5.41, 5.74) is 3.33. The van der Waals surface area contributed by atoms with Gasteiger partial charge in [-0.25, -0.2) is 9.59 Å². The van der Waals surface area contributed by atoms with Gasteiger partial charge in [0, 0.05) is 61.0 Å². The van der Waals surface area contributed by atoms with Gasteiger partial charge in [0.2, 0.25) is 0 Å². The molecule has 0 saturated carbocycles. The first-order chi connectivity index (χ1) is 29.3. The molecule has 14 nitrogen and oxygen atoms in total. The van der Waals surface area contributed by atoms with Crippen LogP contribution in [0.15, 0.2) is 58.4 Å². The van der Waals surface area contributed by atoms with Crippen molar-refractivity contribution in [1.29, 1.82) is 0 Å². The number of carbonyl (C=O) groups is 2. The highest BCUT2D eigenvalue weighted by molar-refractivity contribution is 5.88. The fourth-order valence-electron chi connectivity index (χ4n) is 8.14. The number of rotatable bonds is 16.